The summed E-state index contributed by atoms with van der Waals surface area (Å²) in [6, 6.07) is 18.2. The van der Waals surface area contributed by atoms with E-state index in [-0.39, 0.29) is 24.0 Å². The van der Waals surface area contributed by atoms with Crippen molar-refractivity contribution in [2.24, 2.45) is 5.92 Å². The van der Waals surface area contributed by atoms with Crippen LogP contribution in [0.3, 0.4) is 0 Å². The number of rotatable bonds is 9. The summed E-state index contributed by atoms with van der Waals surface area (Å²) >= 11 is 3.89. The Morgan fingerprint density at radius 2 is 1.85 bits per heavy atom. The van der Waals surface area contributed by atoms with Crippen molar-refractivity contribution < 1.29 is 28.9 Å². The van der Waals surface area contributed by atoms with Crippen LogP contribution >= 0.6 is 12.6 Å². The largest absolute Gasteiger partial charge is 0.504 e. The fourth-order valence-corrected chi connectivity index (χ4v) is 3.63. The van der Waals surface area contributed by atoms with E-state index >= 15 is 0 Å². The maximum absolute atomic E-state index is 12.9. The molecule has 8 heteroatoms. The molecule has 2 N–H and O–H groups in total. The maximum atomic E-state index is 12.9. The summed E-state index contributed by atoms with van der Waals surface area (Å²) in [5.41, 5.74) is 1.22. The number of nitrogens with one attached hydrogen (secondary N) is 1. The molecule has 3 rings (SSSR count). The third-order valence-corrected chi connectivity index (χ3v) is 5.53. The molecule has 3 aromatic rings. The molecule has 0 radical (unpaired) electrons. The summed E-state index contributed by atoms with van der Waals surface area (Å²) in [4.78, 5) is 24.3. The fourth-order valence-electron chi connectivity index (χ4n) is 3.54. The van der Waals surface area contributed by atoms with E-state index in [0.29, 0.717) is 23.4 Å². The Bertz CT molecular complexity index is 1110. The molecule has 0 aliphatic heterocycles. The van der Waals surface area contributed by atoms with E-state index in [2.05, 4.69) is 17.9 Å². The van der Waals surface area contributed by atoms with E-state index in [1.54, 1.807) is 18.2 Å². The summed E-state index contributed by atoms with van der Waals surface area (Å²) in [6.45, 7) is 2.04. The molecule has 0 saturated heterocycles. The molecule has 0 aliphatic rings. The van der Waals surface area contributed by atoms with E-state index in [0.717, 1.165) is 10.8 Å². The molecule has 0 saturated carbocycles. The van der Waals surface area contributed by atoms with Gasteiger partial charge in [-0.15, -0.1) is 0 Å². The smallest absolute Gasteiger partial charge is 0.412 e. The van der Waals surface area contributed by atoms with Crippen LogP contribution in [-0.4, -0.2) is 36.6 Å². The number of ether oxygens (including phenoxy) is 3. The molecule has 0 aliphatic carbocycles. The van der Waals surface area contributed by atoms with E-state index in [1.165, 1.54) is 13.2 Å². The maximum Gasteiger partial charge on any atom is 0.412 e. The van der Waals surface area contributed by atoms with Crippen LogP contribution in [-0.2, 0) is 14.3 Å². The Morgan fingerprint density at radius 1 is 1.09 bits per heavy atom. The zero-order chi connectivity index (χ0) is 23.8. The van der Waals surface area contributed by atoms with Crippen LogP contribution in [0.5, 0.6) is 11.5 Å². The number of esters is 1. The Balaban J connectivity index is 1.79. The molecule has 0 unspecified atom stereocenters. The number of hydrogen-bond donors (Lipinski definition) is 3. The Labute approximate surface area is 198 Å². The lowest BCUT2D eigenvalue weighted by molar-refractivity contribution is -0.141. The summed E-state index contributed by atoms with van der Waals surface area (Å²) in [5, 5.41) is 14.9. The van der Waals surface area contributed by atoms with Crippen LogP contribution in [0.25, 0.3) is 10.8 Å². The number of benzene rings is 3. The van der Waals surface area contributed by atoms with Gasteiger partial charge in [-0.2, -0.15) is 12.6 Å². The predicted molar refractivity (Wildman–Crippen MR) is 130 cm³/mol. The van der Waals surface area contributed by atoms with E-state index < -0.39 is 18.2 Å². The van der Waals surface area contributed by atoms with Gasteiger partial charge in [0, 0.05) is 11.3 Å². The van der Waals surface area contributed by atoms with Gasteiger partial charge in [0.25, 0.3) is 0 Å². The number of carbonyl (C=O) groups excluding carboxylic acids is 2. The molecular formula is C25H27NO6S. The standard InChI is InChI=1S/C25H27NO6S/c1-16(12-13-31-23(28)15-33)24(18-10-11-22(30-2)21(27)14-18)32-25(29)26-20-9-5-7-17-6-3-4-8-19(17)20/h3-11,14,16,24,27,33H,12-13,15H2,1-2H3,(H,26,29)/t16-,24+/m1/s1. The second kappa shape index (κ2) is 11.5. The summed E-state index contributed by atoms with van der Waals surface area (Å²) < 4.78 is 16.0. The van der Waals surface area contributed by atoms with Gasteiger partial charge < -0.3 is 19.3 Å². The lowest BCUT2D eigenvalue weighted by Gasteiger charge is -2.25. The SMILES string of the molecule is COc1ccc([C@@H](OC(=O)Nc2cccc3ccccc23)[C@H](C)CCOC(=O)CS)cc1O. The molecule has 1 amide bonds. The number of hydrogen-bond acceptors (Lipinski definition) is 7. The topological polar surface area (TPSA) is 94.1 Å². The van der Waals surface area contributed by atoms with Crippen LogP contribution < -0.4 is 10.1 Å². The van der Waals surface area contributed by atoms with Gasteiger partial charge >= 0.3 is 12.1 Å². The molecule has 7 nitrogen and oxygen atoms in total. The molecule has 0 spiro atoms. The average Bonchev–Trinajstić information content (AvgIpc) is 2.82. The molecule has 33 heavy (non-hydrogen) atoms. The normalized spacial score (nSPS) is 12.6. The van der Waals surface area contributed by atoms with Gasteiger partial charge in [0.15, 0.2) is 11.5 Å². The second-order valence-corrected chi connectivity index (χ2v) is 7.87. The van der Waals surface area contributed by atoms with Gasteiger partial charge in [-0.3, -0.25) is 10.1 Å². The molecule has 0 bridgehead atoms. The number of aromatic hydroxyl groups is 1. The Kier molecular flexibility index (Phi) is 8.43. The molecule has 2 atom stereocenters. The van der Waals surface area contributed by atoms with Crippen molar-refractivity contribution in [1.82, 2.24) is 0 Å². The third kappa shape index (κ3) is 6.32. The van der Waals surface area contributed by atoms with E-state index in [4.69, 9.17) is 14.2 Å². The van der Waals surface area contributed by atoms with Crippen molar-refractivity contribution in [3.05, 3.63) is 66.2 Å². The molecule has 0 fully saturated rings. The van der Waals surface area contributed by atoms with E-state index in [9.17, 15) is 14.7 Å². The average molecular weight is 470 g/mol. The number of anilines is 1. The second-order valence-electron chi connectivity index (χ2n) is 7.55. The number of phenols is 1. The summed E-state index contributed by atoms with van der Waals surface area (Å²) in [6.07, 6.45) is -0.893. The number of amides is 1. The minimum atomic E-state index is -0.702. The number of carbonyl (C=O) groups is 2. The lowest BCUT2D eigenvalue weighted by atomic mass is 9.94. The van der Waals surface area contributed by atoms with Gasteiger partial charge in [-0.25, -0.2) is 4.79 Å². The van der Waals surface area contributed by atoms with Crippen LogP contribution in [0.15, 0.2) is 60.7 Å². The van der Waals surface area contributed by atoms with Crippen LogP contribution in [0.4, 0.5) is 10.5 Å². The highest BCUT2D eigenvalue weighted by Crippen LogP contribution is 2.35. The number of fused-ring (bicyclic) bond motifs is 1. The lowest BCUT2D eigenvalue weighted by Crippen LogP contribution is -2.23. The van der Waals surface area contributed by atoms with Gasteiger partial charge in [0.1, 0.15) is 6.10 Å². The summed E-state index contributed by atoms with van der Waals surface area (Å²) in [5.74, 6) is -0.393. The quantitative estimate of drug-likeness (QED) is 0.289. The van der Waals surface area contributed by atoms with Crippen LogP contribution in [0.2, 0.25) is 0 Å². The van der Waals surface area contributed by atoms with Crippen molar-refractivity contribution in [2.45, 2.75) is 19.4 Å². The van der Waals surface area contributed by atoms with Crippen molar-refractivity contribution >= 4 is 41.2 Å². The first kappa shape index (κ1) is 24.3. The zero-order valence-corrected chi connectivity index (χ0v) is 19.4. The highest BCUT2D eigenvalue weighted by molar-refractivity contribution is 7.81. The first-order valence-electron chi connectivity index (χ1n) is 10.5. The highest BCUT2D eigenvalue weighted by atomic mass is 32.1. The molecule has 0 aromatic heterocycles. The molecule has 3 aromatic carbocycles. The first-order valence-corrected chi connectivity index (χ1v) is 11.1. The number of methoxy groups -OCH3 is 1. The summed E-state index contributed by atoms with van der Waals surface area (Å²) in [7, 11) is 1.46. The molecule has 174 valence electrons. The third-order valence-electron chi connectivity index (χ3n) is 5.27. The van der Waals surface area contributed by atoms with E-state index in [1.807, 2.05) is 43.3 Å². The minimum absolute atomic E-state index is 0.00585. The molecular weight excluding hydrogens is 442 g/mol. The molecule has 0 heterocycles. The fraction of sp³-hybridized carbons (Fsp3) is 0.280. The van der Waals surface area contributed by atoms with Crippen molar-refractivity contribution in [1.29, 1.82) is 0 Å². The number of phenolic OH excluding ortho intramolecular Hbond substituents is 1. The first-order chi connectivity index (χ1) is 15.9. The highest BCUT2D eigenvalue weighted by Gasteiger charge is 2.25. The Morgan fingerprint density at radius 3 is 2.58 bits per heavy atom. The van der Waals surface area contributed by atoms with Gasteiger partial charge in [-0.1, -0.05) is 49.4 Å². The van der Waals surface area contributed by atoms with Gasteiger partial charge in [-0.05, 0) is 35.6 Å². The van der Waals surface area contributed by atoms with Crippen LogP contribution in [0, 0.1) is 5.92 Å². The van der Waals surface area contributed by atoms with Crippen molar-refractivity contribution in [2.75, 3.05) is 24.8 Å². The van der Waals surface area contributed by atoms with Crippen molar-refractivity contribution in [3.63, 3.8) is 0 Å². The minimum Gasteiger partial charge on any atom is -0.504 e. The monoisotopic (exact) mass is 469 g/mol. The predicted octanol–water partition coefficient (Wildman–Crippen LogP) is 5.34. The van der Waals surface area contributed by atoms with Gasteiger partial charge in [0.2, 0.25) is 0 Å². The van der Waals surface area contributed by atoms with Gasteiger partial charge in [0.05, 0.1) is 25.2 Å². The Hall–Kier alpha value is -3.39. The van der Waals surface area contributed by atoms with Crippen LogP contribution in [0.1, 0.15) is 25.0 Å². The van der Waals surface area contributed by atoms with Crippen molar-refractivity contribution in [3.8, 4) is 11.5 Å². The zero-order valence-electron chi connectivity index (χ0n) is 18.5. The number of thiol groups is 1.